The molecule has 0 saturated heterocycles. The summed E-state index contributed by atoms with van der Waals surface area (Å²) in [6.07, 6.45) is 14.6. The molecule has 3 atom stereocenters. The SMILES string of the molecule is CC#CCOc1ccc(C[C@@H](CC(=O)OC)NC(=O)[C@@H](C=CCCCCCCC(=O)CCCCCCC)[C@@](O)(CCC)C(=O)O)cc1. The minimum atomic E-state index is -2.32. The van der Waals surface area contributed by atoms with Gasteiger partial charge in [0.2, 0.25) is 5.91 Å². The van der Waals surface area contributed by atoms with E-state index in [1.807, 2.05) is 12.1 Å². The number of aliphatic carboxylic acids is 1. The quantitative estimate of drug-likeness (QED) is 0.0432. The number of ether oxygens (including phenoxy) is 2. The van der Waals surface area contributed by atoms with Crippen LogP contribution in [0.5, 0.6) is 5.75 Å². The van der Waals surface area contributed by atoms with E-state index >= 15 is 0 Å². The number of aliphatic hydroxyl groups is 1. The molecule has 0 saturated carbocycles. The molecule has 0 aliphatic carbocycles. The Kier molecular flexibility index (Phi) is 21.6. The molecule has 0 radical (unpaired) electrons. The lowest BCUT2D eigenvalue weighted by Crippen LogP contribution is -2.53. The number of benzene rings is 1. The van der Waals surface area contributed by atoms with Gasteiger partial charge in [-0.25, -0.2) is 4.79 Å². The van der Waals surface area contributed by atoms with Crippen molar-refractivity contribution < 1.29 is 38.9 Å². The summed E-state index contributed by atoms with van der Waals surface area (Å²) in [6.45, 7) is 5.91. The Morgan fingerprint density at radius 2 is 1.57 bits per heavy atom. The van der Waals surface area contributed by atoms with Crippen LogP contribution in [-0.2, 0) is 30.3 Å². The fourth-order valence-corrected chi connectivity index (χ4v) is 5.41. The fourth-order valence-electron chi connectivity index (χ4n) is 5.41. The van der Waals surface area contributed by atoms with Crippen LogP contribution < -0.4 is 10.1 Å². The van der Waals surface area contributed by atoms with Crippen molar-refractivity contribution in [1.29, 1.82) is 0 Å². The number of ketones is 1. The summed E-state index contributed by atoms with van der Waals surface area (Å²) in [7, 11) is 1.26. The highest BCUT2D eigenvalue weighted by molar-refractivity contribution is 5.90. The number of hydrogen-bond acceptors (Lipinski definition) is 7. The number of Topliss-reactive ketones (excluding diaryl/α,β-unsaturated/α-hetero) is 1. The van der Waals surface area contributed by atoms with E-state index in [-0.39, 0.29) is 25.9 Å². The molecule has 0 fully saturated rings. The fraction of sp³-hybridized carbons (Fsp3) is 0.632. The molecule has 3 N–H and O–H groups in total. The smallest absolute Gasteiger partial charge is 0.336 e. The third-order valence-corrected chi connectivity index (χ3v) is 8.14. The summed E-state index contributed by atoms with van der Waals surface area (Å²) < 4.78 is 10.4. The third-order valence-electron chi connectivity index (χ3n) is 8.14. The van der Waals surface area contributed by atoms with E-state index < -0.39 is 35.4 Å². The van der Waals surface area contributed by atoms with Crippen molar-refractivity contribution in [2.75, 3.05) is 13.7 Å². The van der Waals surface area contributed by atoms with Gasteiger partial charge in [0.15, 0.2) is 5.60 Å². The van der Waals surface area contributed by atoms with Crippen molar-refractivity contribution in [2.45, 2.75) is 135 Å². The van der Waals surface area contributed by atoms with Crippen LogP contribution in [0, 0.1) is 17.8 Å². The second kappa shape index (κ2) is 24.5. The van der Waals surface area contributed by atoms with Crippen LogP contribution in [0.15, 0.2) is 36.4 Å². The van der Waals surface area contributed by atoms with Crippen molar-refractivity contribution in [3.63, 3.8) is 0 Å². The second-order valence-corrected chi connectivity index (χ2v) is 12.1. The summed E-state index contributed by atoms with van der Waals surface area (Å²) in [4.78, 5) is 50.2. The molecule has 9 nitrogen and oxygen atoms in total. The molecule has 0 bridgehead atoms. The van der Waals surface area contributed by atoms with Gasteiger partial charge in [-0.3, -0.25) is 14.4 Å². The Labute approximate surface area is 281 Å². The summed E-state index contributed by atoms with van der Waals surface area (Å²) in [5, 5.41) is 24.0. The van der Waals surface area contributed by atoms with Crippen LogP contribution in [0.3, 0.4) is 0 Å². The maximum Gasteiger partial charge on any atom is 0.336 e. The second-order valence-electron chi connectivity index (χ2n) is 12.1. The van der Waals surface area contributed by atoms with Gasteiger partial charge in [-0.2, -0.15) is 0 Å². The zero-order chi connectivity index (χ0) is 34.9. The largest absolute Gasteiger partial charge is 0.481 e. The lowest BCUT2D eigenvalue weighted by molar-refractivity contribution is -0.167. The molecule has 0 spiro atoms. The Hall–Kier alpha value is -3.64. The highest BCUT2D eigenvalue weighted by atomic mass is 16.5. The molecular weight excluding hydrogens is 598 g/mol. The van der Waals surface area contributed by atoms with Crippen LogP contribution in [0.2, 0.25) is 0 Å². The van der Waals surface area contributed by atoms with E-state index in [9.17, 15) is 29.4 Å². The van der Waals surface area contributed by atoms with Crippen LogP contribution in [0.1, 0.15) is 123 Å². The average molecular weight is 656 g/mol. The van der Waals surface area contributed by atoms with Crippen molar-refractivity contribution >= 4 is 23.6 Å². The molecule has 47 heavy (non-hydrogen) atoms. The molecule has 0 aromatic heterocycles. The molecule has 1 aromatic rings. The van der Waals surface area contributed by atoms with E-state index in [2.05, 4.69) is 24.1 Å². The van der Waals surface area contributed by atoms with Gasteiger partial charge in [0.25, 0.3) is 0 Å². The molecule has 1 aromatic carbocycles. The van der Waals surface area contributed by atoms with Gasteiger partial charge in [0.1, 0.15) is 18.1 Å². The lowest BCUT2D eigenvalue weighted by atomic mass is 9.82. The topological polar surface area (TPSA) is 139 Å². The van der Waals surface area contributed by atoms with E-state index in [4.69, 9.17) is 9.47 Å². The number of nitrogens with one attached hydrogen (secondary N) is 1. The summed E-state index contributed by atoms with van der Waals surface area (Å²) in [5.41, 5.74) is -1.50. The molecule has 262 valence electrons. The zero-order valence-corrected chi connectivity index (χ0v) is 29.0. The highest BCUT2D eigenvalue weighted by Gasteiger charge is 2.46. The van der Waals surface area contributed by atoms with Gasteiger partial charge < -0.3 is 25.0 Å². The Morgan fingerprint density at radius 3 is 2.15 bits per heavy atom. The predicted octanol–water partition coefficient (Wildman–Crippen LogP) is 6.74. The number of methoxy groups -OCH3 is 1. The van der Waals surface area contributed by atoms with Crippen molar-refractivity contribution in [3.8, 4) is 17.6 Å². The number of carboxylic acids is 1. The Bertz CT molecular complexity index is 1170. The molecular formula is C38H57NO8. The summed E-state index contributed by atoms with van der Waals surface area (Å²) in [5.74, 6) is 2.48. The summed E-state index contributed by atoms with van der Waals surface area (Å²) in [6, 6.07) is 6.47. The molecule has 0 aliphatic rings. The third kappa shape index (κ3) is 17.2. The molecule has 1 rings (SSSR count). The van der Waals surface area contributed by atoms with E-state index in [1.54, 1.807) is 32.1 Å². The van der Waals surface area contributed by atoms with E-state index in [0.717, 1.165) is 44.1 Å². The number of carboxylic acid groups (broad SMARTS) is 1. The van der Waals surface area contributed by atoms with Gasteiger partial charge in [-0.15, -0.1) is 5.92 Å². The van der Waals surface area contributed by atoms with Gasteiger partial charge in [0.05, 0.1) is 19.4 Å². The van der Waals surface area contributed by atoms with Crippen LogP contribution >= 0.6 is 0 Å². The van der Waals surface area contributed by atoms with Crippen molar-refractivity contribution in [1.82, 2.24) is 5.32 Å². The maximum atomic E-state index is 13.6. The van der Waals surface area contributed by atoms with Gasteiger partial charge in [-0.05, 0) is 63.1 Å². The van der Waals surface area contributed by atoms with Crippen LogP contribution in [-0.4, -0.2) is 59.2 Å². The van der Waals surface area contributed by atoms with Crippen LogP contribution in [0.4, 0.5) is 0 Å². The lowest BCUT2D eigenvalue weighted by Gasteiger charge is -2.31. The van der Waals surface area contributed by atoms with Gasteiger partial charge in [-0.1, -0.05) is 89.0 Å². The average Bonchev–Trinajstić information content (AvgIpc) is 3.04. The van der Waals surface area contributed by atoms with Crippen molar-refractivity contribution in [2.24, 2.45) is 5.92 Å². The van der Waals surface area contributed by atoms with E-state index in [1.165, 1.54) is 32.4 Å². The molecule has 0 heterocycles. The number of amides is 1. The number of hydrogen-bond donors (Lipinski definition) is 3. The first kappa shape index (κ1) is 41.4. The van der Waals surface area contributed by atoms with Crippen LogP contribution in [0.25, 0.3) is 0 Å². The Morgan fingerprint density at radius 1 is 0.936 bits per heavy atom. The molecule has 0 unspecified atom stereocenters. The van der Waals surface area contributed by atoms with Gasteiger partial charge >= 0.3 is 11.9 Å². The first-order valence-corrected chi connectivity index (χ1v) is 17.2. The summed E-state index contributed by atoms with van der Waals surface area (Å²) >= 11 is 0. The first-order chi connectivity index (χ1) is 22.6. The minimum Gasteiger partial charge on any atom is -0.481 e. The molecule has 9 heteroatoms. The van der Waals surface area contributed by atoms with Crippen molar-refractivity contribution in [3.05, 3.63) is 42.0 Å². The maximum absolute atomic E-state index is 13.6. The monoisotopic (exact) mass is 655 g/mol. The van der Waals surface area contributed by atoms with Gasteiger partial charge in [0, 0.05) is 18.9 Å². The molecule has 1 amide bonds. The highest BCUT2D eigenvalue weighted by Crippen LogP contribution is 2.27. The normalized spacial score (nSPS) is 13.6. The number of carbonyl (C=O) groups excluding carboxylic acids is 3. The Balaban J connectivity index is 2.85. The predicted molar refractivity (Wildman–Crippen MR) is 184 cm³/mol. The number of esters is 1. The zero-order valence-electron chi connectivity index (χ0n) is 29.0. The standard InChI is InChI=1S/C38H57NO8/c1-5-8-10-13-16-19-32(40)20-17-14-11-12-15-18-21-34(38(45,26-7-3)37(43)44)36(42)39-31(29-35(41)46-4)28-30-22-24-33(25-23-30)47-27-9-6-2/h18,21-25,31,34,45H,5,7-8,10-17,19-20,26-29H2,1-4H3,(H,39,42)(H,43,44)/t31-,34+,38-/m0/s1. The number of carbonyl (C=O) groups is 4. The number of allylic oxidation sites excluding steroid dienone is 1. The number of unbranched alkanes of at least 4 members (excludes halogenated alkanes) is 8. The number of rotatable bonds is 26. The molecule has 0 aliphatic heterocycles. The van der Waals surface area contributed by atoms with E-state index in [0.29, 0.717) is 37.2 Å². The minimum absolute atomic E-state index is 0.122. The first-order valence-electron chi connectivity index (χ1n) is 17.2.